The van der Waals surface area contributed by atoms with Gasteiger partial charge in [0, 0.05) is 0 Å². The van der Waals surface area contributed by atoms with Gasteiger partial charge < -0.3 is 9.47 Å². The molecule has 0 N–H and O–H groups in total. The Balaban J connectivity index is 2.02. The number of hydrogen-bond donors (Lipinski definition) is 0. The van der Waals surface area contributed by atoms with Crippen molar-refractivity contribution in [3.8, 4) is 17.6 Å². The van der Waals surface area contributed by atoms with E-state index < -0.39 is 0 Å². The minimum absolute atomic E-state index is 0.0730. The van der Waals surface area contributed by atoms with Crippen LogP contribution in [0.25, 0.3) is 0 Å². The van der Waals surface area contributed by atoms with Crippen LogP contribution in [0.3, 0.4) is 0 Å². The number of rotatable bonds is 3. The average molecular weight is 297 g/mol. The van der Waals surface area contributed by atoms with Crippen LogP contribution in [0, 0.1) is 17.7 Å². The predicted molar refractivity (Wildman–Crippen MR) is 77.7 cm³/mol. The summed E-state index contributed by atoms with van der Waals surface area (Å²) < 4.78 is 24.8. The van der Waals surface area contributed by atoms with Crippen molar-refractivity contribution in [2.24, 2.45) is 0 Å². The topological polar surface area (TPSA) is 18.5 Å². The molecule has 108 valence electrons. The Labute approximate surface area is 124 Å². The number of halogens is 2. The molecule has 0 saturated carbocycles. The van der Waals surface area contributed by atoms with Crippen molar-refractivity contribution < 1.29 is 13.9 Å². The van der Waals surface area contributed by atoms with Crippen LogP contribution in [-0.4, -0.2) is 24.2 Å². The first kappa shape index (κ1) is 15.2. The van der Waals surface area contributed by atoms with Gasteiger partial charge in [-0.15, -0.1) is 11.6 Å². The van der Waals surface area contributed by atoms with Gasteiger partial charge in [-0.2, -0.15) is 0 Å². The first-order valence-electron chi connectivity index (χ1n) is 6.65. The van der Waals surface area contributed by atoms with E-state index in [-0.39, 0.29) is 23.4 Å². The zero-order valence-corrected chi connectivity index (χ0v) is 12.5. The maximum atomic E-state index is 13.2. The monoisotopic (exact) mass is 296 g/mol. The summed E-state index contributed by atoms with van der Waals surface area (Å²) in [5.41, 5.74) is 0.431. The van der Waals surface area contributed by atoms with E-state index in [9.17, 15) is 4.39 Å². The van der Waals surface area contributed by atoms with Gasteiger partial charge in [-0.1, -0.05) is 11.8 Å². The van der Waals surface area contributed by atoms with Gasteiger partial charge in [0.1, 0.15) is 18.2 Å². The standard InChI is InChI=1S/C16H18ClFO2/c1-16(2)8-7-14(20-16)11-19-15-6-5-13(18)10-12(15)4-3-9-17/h5-6,10,14H,7-9,11H2,1-2H3. The number of benzene rings is 1. The molecule has 0 aromatic heterocycles. The summed E-state index contributed by atoms with van der Waals surface area (Å²) in [5.74, 6) is 5.95. The Kier molecular flexibility index (Phi) is 4.91. The van der Waals surface area contributed by atoms with Crippen LogP contribution in [-0.2, 0) is 4.74 Å². The lowest BCUT2D eigenvalue weighted by Crippen LogP contribution is -2.24. The summed E-state index contributed by atoms with van der Waals surface area (Å²) in [6.45, 7) is 4.59. The lowest BCUT2D eigenvalue weighted by molar-refractivity contribution is -0.0326. The van der Waals surface area contributed by atoms with Gasteiger partial charge in [-0.25, -0.2) is 4.39 Å². The van der Waals surface area contributed by atoms with Gasteiger partial charge in [0.15, 0.2) is 0 Å². The Morgan fingerprint density at radius 1 is 1.50 bits per heavy atom. The Bertz CT molecular complexity index is 531. The molecule has 4 heteroatoms. The second kappa shape index (κ2) is 6.47. The summed E-state index contributed by atoms with van der Waals surface area (Å²) in [6, 6.07) is 4.31. The zero-order chi connectivity index (χ0) is 14.6. The van der Waals surface area contributed by atoms with Crippen molar-refractivity contribution >= 4 is 11.6 Å². The first-order valence-corrected chi connectivity index (χ1v) is 7.19. The fourth-order valence-electron chi connectivity index (χ4n) is 2.23. The van der Waals surface area contributed by atoms with Crippen LogP contribution in [0.15, 0.2) is 18.2 Å². The Morgan fingerprint density at radius 2 is 2.30 bits per heavy atom. The Morgan fingerprint density at radius 3 is 2.95 bits per heavy atom. The number of ether oxygens (including phenoxy) is 2. The molecule has 1 fully saturated rings. The molecule has 2 nitrogen and oxygen atoms in total. The third-order valence-electron chi connectivity index (χ3n) is 3.21. The molecular formula is C16H18ClFO2. The second-order valence-corrected chi connectivity index (χ2v) is 5.69. The van der Waals surface area contributed by atoms with E-state index in [1.54, 1.807) is 6.07 Å². The minimum atomic E-state index is -0.338. The number of hydrogen-bond acceptors (Lipinski definition) is 2. The largest absolute Gasteiger partial charge is 0.490 e. The van der Waals surface area contributed by atoms with Gasteiger partial charge in [0.05, 0.1) is 23.1 Å². The van der Waals surface area contributed by atoms with E-state index in [1.807, 2.05) is 0 Å². The van der Waals surface area contributed by atoms with Crippen molar-refractivity contribution in [2.75, 3.05) is 12.5 Å². The highest BCUT2D eigenvalue weighted by Gasteiger charge is 2.31. The highest BCUT2D eigenvalue weighted by Crippen LogP contribution is 2.30. The van der Waals surface area contributed by atoms with Crippen molar-refractivity contribution in [1.82, 2.24) is 0 Å². The molecule has 1 atom stereocenters. The van der Waals surface area contributed by atoms with Crippen LogP contribution in [0.4, 0.5) is 4.39 Å². The van der Waals surface area contributed by atoms with E-state index in [4.69, 9.17) is 21.1 Å². The van der Waals surface area contributed by atoms with E-state index in [2.05, 4.69) is 25.7 Å². The third kappa shape index (κ3) is 4.13. The fourth-order valence-corrected chi connectivity index (χ4v) is 2.30. The first-order chi connectivity index (χ1) is 9.50. The van der Waals surface area contributed by atoms with Gasteiger partial charge in [0.2, 0.25) is 0 Å². The zero-order valence-electron chi connectivity index (χ0n) is 11.7. The molecule has 1 aromatic rings. The SMILES string of the molecule is CC1(C)CCC(COc2ccc(F)cc2C#CCCl)O1. The molecule has 1 saturated heterocycles. The predicted octanol–water partition coefficient (Wildman–Crippen LogP) is 3.75. The summed E-state index contributed by atoms with van der Waals surface area (Å²) in [4.78, 5) is 0. The van der Waals surface area contributed by atoms with E-state index in [0.29, 0.717) is 17.9 Å². The molecule has 2 rings (SSSR count). The maximum absolute atomic E-state index is 13.2. The molecule has 1 unspecified atom stereocenters. The van der Waals surface area contributed by atoms with Crippen LogP contribution in [0.2, 0.25) is 0 Å². The van der Waals surface area contributed by atoms with Crippen molar-refractivity contribution in [1.29, 1.82) is 0 Å². The Hall–Kier alpha value is -1.24. The number of alkyl halides is 1. The summed E-state index contributed by atoms with van der Waals surface area (Å²) >= 11 is 5.53. The lowest BCUT2D eigenvalue weighted by atomic mass is 10.1. The molecule has 0 amide bonds. The third-order valence-corrected chi connectivity index (χ3v) is 3.34. The molecule has 0 radical (unpaired) electrons. The highest BCUT2D eigenvalue weighted by molar-refractivity contribution is 6.19. The minimum Gasteiger partial charge on any atom is -0.490 e. The quantitative estimate of drug-likeness (QED) is 0.625. The fraction of sp³-hybridized carbons (Fsp3) is 0.500. The molecule has 0 bridgehead atoms. The van der Waals surface area contributed by atoms with Crippen molar-refractivity contribution in [2.45, 2.75) is 38.4 Å². The van der Waals surface area contributed by atoms with Crippen molar-refractivity contribution in [3.63, 3.8) is 0 Å². The molecule has 0 aliphatic carbocycles. The molecule has 20 heavy (non-hydrogen) atoms. The maximum Gasteiger partial charge on any atom is 0.135 e. The summed E-state index contributed by atoms with van der Waals surface area (Å²) in [5, 5.41) is 0. The van der Waals surface area contributed by atoms with Gasteiger partial charge in [0.25, 0.3) is 0 Å². The van der Waals surface area contributed by atoms with Gasteiger partial charge >= 0.3 is 0 Å². The lowest BCUT2D eigenvalue weighted by Gasteiger charge is -2.19. The second-order valence-electron chi connectivity index (χ2n) is 5.43. The average Bonchev–Trinajstić information content (AvgIpc) is 2.75. The van der Waals surface area contributed by atoms with Gasteiger partial charge in [-0.05, 0) is 44.9 Å². The van der Waals surface area contributed by atoms with Crippen molar-refractivity contribution in [3.05, 3.63) is 29.6 Å². The highest BCUT2D eigenvalue weighted by atomic mass is 35.5. The van der Waals surface area contributed by atoms with Crippen LogP contribution >= 0.6 is 11.6 Å². The van der Waals surface area contributed by atoms with E-state index in [1.165, 1.54) is 12.1 Å². The molecule has 0 spiro atoms. The van der Waals surface area contributed by atoms with Gasteiger partial charge in [-0.3, -0.25) is 0 Å². The molecular weight excluding hydrogens is 279 g/mol. The molecule has 1 heterocycles. The van der Waals surface area contributed by atoms with E-state index >= 15 is 0 Å². The smallest absolute Gasteiger partial charge is 0.135 e. The summed E-state index contributed by atoms with van der Waals surface area (Å²) in [7, 11) is 0. The van der Waals surface area contributed by atoms with Crippen LogP contribution in [0.1, 0.15) is 32.3 Å². The normalized spacial score (nSPS) is 20.3. The summed E-state index contributed by atoms with van der Waals surface area (Å²) in [6.07, 6.45) is 2.06. The van der Waals surface area contributed by atoms with E-state index in [0.717, 1.165) is 12.8 Å². The molecule has 1 aliphatic rings. The van der Waals surface area contributed by atoms with Crippen LogP contribution in [0.5, 0.6) is 5.75 Å². The molecule has 1 aromatic carbocycles. The molecule has 1 aliphatic heterocycles. The van der Waals surface area contributed by atoms with Crippen LogP contribution < -0.4 is 4.74 Å².